The minimum atomic E-state index is -0.0753. The van der Waals surface area contributed by atoms with Crippen molar-refractivity contribution in [1.82, 2.24) is 5.43 Å². The highest BCUT2D eigenvalue weighted by Crippen LogP contribution is 2.29. The average Bonchev–Trinajstić information content (AvgIpc) is 2.54. The van der Waals surface area contributed by atoms with Crippen molar-refractivity contribution in [3.8, 4) is 17.1 Å². The third-order valence-corrected chi connectivity index (χ3v) is 3.20. The monoisotopic (exact) mass is 311 g/mol. The zero-order valence-corrected chi connectivity index (χ0v) is 12.3. The first-order valence-corrected chi connectivity index (χ1v) is 6.97. The molecular weight excluding hydrogens is 298 g/mol. The summed E-state index contributed by atoms with van der Waals surface area (Å²) in [4.78, 5) is 0. The first-order valence-electron chi connectivity index (χ1n) is 6.56. The van der Waals surface area contributed by atoms with Crippen LogP contribution in [0.4, 0.5) is 0 Å². The van der Waals surface area contributed by atoms with Gasteiger partial charge in [-0.3, -0.25) is 5.43 Å². The highest BCUT2D eigenvalue weighted by atomic mass is 32.1. The van der Waals surface area contributed by atoms with Crippen molar-refractivity contribution < 1.29 is 9.52 Å². The van der Waals surface area contributed by atoms with Gasteiger partial charge in [0, 0.05) is 10.9 Å². The molecule has 0 aliphatic rings. The molecule has 2 aromatic carbocycles. The van der Waals surface area contributed by atoms with Gasteiger partial charge >= 0.3 is 0 Å². The van der Waals surface area contributed by atoms with Crippen molar-refractivity contribution in [1.29, 1.82) is 0 Å². The van der Waals surface area contributed by atoms with Gasteiger partial charge in [-0.05, 0) is 24.4 Å². The van der Waals surface area contributed by atoms with Gasteiger partial charge in [0.05, 0.1) is 0 Å². The molecule has 4 N–H and O–H groups in total. The van der Waals surface area contributed by atoms with E-state index in [1.807, 2.05) is 42.5 Å². The fraction of sp³-hybridized carbons (Fsp3) is 0. The van der Waals surface area contributed by atoms with Gasteiger partial charge in [0.25, 0.3) is 0 Å². The van der Waals surface area contributed by atoms with Gasteiger partial charge in [0.1, 0.15) is 10.9 Å². The second kappa shape index (κ2) is 5.87. The van der Waals surface area contributed by atoms with E-state index in [2.05, 4.69) is 10.5 Å². The Hall–Kier alpha value is -2.86. The molecule has 0 amide bonds. The summed E-state index contributed by atoms with van der Waals surface area (Å²) in [5, 5.41) is 15.6. The van der Waals surface area contributed by atoms with Gasteiger partial charge in [-0.15, -0.1) is 0 Å². The number of benzene rings is 2. The molecule has 0 atom stereocenters. The van der Waals surface area contributed by atoms with Crippen molar-refractivity contribution in [2.45, 2.75) is 0 Å². The lowest BCUT2D eigenvalue weighted by molar-refractivity contribution is 0.446. The lowest BCUT2D eigenvalue weighted by Crippen LogP contribution is -2.26. The largest absolute Gasteiger partial charge is 0.503 e. The third-order valence-electron chi connectivity index (χ3n) is 3.11. The van der Waals surface area contributed by atoms with Crippen molar-refractivity contribution in [3.05, 3.63) is 60.0 Å². The Labute approximate surface area is 131 Å². The van der Waals surface area contributed by atoms with E-state index in [4.69, 9.17) is 22.4 Å². The van der Waals surface area contributed by atoms with Gasteiger partial charge in [0.15, 0.2) is 16.6 Å². The Bertz CT molecular complexity index is 904. The van der Waals surface area contributed by atoms with Crippen LogP contribution in [0.2, 0.25) is 0 Å². The average molecular weight is 311 g/mol. The molecule has 0 bridgehead atoms. The second-order valence-corrected chi connectivity index (χ2v) is 5.02. The number of aromatic hydroxyl groups is 1. The Morgan fingerprint density at radius 3 is 2.50 bits per heavy atom. The van der Waals surface area contributed by atoms with E-state index in [9.17, 15) is 5.11 Å². The number of para-hydroxylation sites is 1. The number of thiocarbonyl (C=S) groups is 1. The van der Waals surface area contributed by atoms with Crippen molar-refractivity contribution in [3.63, 3.8) is 0 Å². The minimum absolute atomic E-state index is 0.0190. The van der Waals surface area contributed by atoms with E-state index in [0.29, 0.717) is 22.1 Å². The molecule has 5 nitrogen and oxygen atoms in total. The first kappa shape index (κ1) is 14.1. The minimum Gasteiger partial charge on any atom is -0.503 e. The maximum atomic E-state index is 10.5. The molecular formula is C16H13N3O2S. The summed E-state index contributed by atoms with van der Waals surface area (Å²) in [5.41, 5.74) is 9.26. The highest BCUT2D eigenvalue weighted by molar-refractivity contribution is 7.80. The van der Waals surface area contributed by atoms with E-state index >= 15 is 0 Å². The lowest BCUT2D eigenvalue weighted by Gasteiger charge is -2.08. The molecule has 22 heavy (non-hydrogen) atoms. The Morgan fingerprint density at radius 1 is 1.09 bits per heavy atom. The lowest BCUT2D eigenvalue weighted by atomic mass is 10.1. The standard InChI is InChI=1S/C16H13N3O2S/c17-16(22)19-18-13-11-8-4-5-9-12(11)21-15(14(13)20)10-6-2-1-3-7-10/h1-9,20H,(H3,17,19,22). The van der Waals surface area contributed by atoms with Crippen LogP contribution in [0.25, 0.3) is 22.3 Å². The van der Waals surface area contributed by atoms with Crippen LogP contribution in [0.1, 0.15) is 0 Å². The van der Waals surface area contributed by atoms with Gasteiger partial charge in [0.2, 0.25) is 0 Å². The summed E-state index contributed by atoms with van der Waals surface area (Å²) in [7, 11) is 0. The predicted octanol–water partition coefficient (Wildman–Crippen LogP) is 2.45. The number of nitrogens with zero attached hydrogens (tertiary/aromatic N) is 1. The fourth-order valence-electron chi connectivity index (χ4n) is 2.15. The molecule has 6 heteroatoms. The van der Waals surface area contributed by atoms with Crippen LogP contribution in [0.3, 0.4) is 0 Å². The van der Waals surface area contributed by atoms with Crippen LogP contribution in [0.15, 0.2) is 64.1 Å². The van der Waals surface area contributed by atoms with Crippen LogP contribution < -0.4 is 16.5 Å². The van der Waals surface area contributed by atoms with Crippen molar-refractivity contribution in [2.24, 2.45) is 10.8 Å². The number of rotatable bonds is 2. The smallest absolute Gasteiger partial charge is 0.187 e. The van der Waals surface area contributed by atoms with Gasteiger partial charge in [-0.25, -0.2) is 0 Å². The SMILES string of the molecule is NC(=S)NN=c1c(O)c(-c2ccccc2)oc2ccccc12. The highest BCUT2D eigenvalue weighted by Gasteiger charge is 2.13. The Morgan fingerprint density at radius 2 is 1.77 bits per heavy atom. The molecule has 0 fully saturated rings. The van der Waals surface area contributed by atoms with Crippen LogP contribution in [-0.2, 0) is 0 Å². The molecule has 0 saturated heterocycles. The summed E-state index contributed by atoms with van der Waals surface area (Å²) in [6.07, 6.45) is 0. The molecule has 1 aromatic heterocycles. The maximum Gasteiger partial charge on any atom is 0.187 e. The molecule has 0 spiro atoms. The second-order valence-electron chi connectivity index (χ2n) is 4.58. The summed E-state index contributed by atoms with van der Waals surface area (Å²) in [6, 6.07) is 16.6. The van der Waals surface area contributed by atoms with Gasteiger partial charge < -0.3 is 15.3 Å². The predicted molar refractivity (Wildman–Crippen MR) is 88.8 cm³/mol. The molecule has 0 unspecified atom stereocenters. The van der Waals surface area contributed by atoms with Gasteiger partial charge in [-0.2, -0.15) is 5.10 Å². The molecule has 0 aliphatic carbocycles. The summed E-state index contributed by atoms with van der Waals surface area (Å²) < 4.78 is 5.82. The molecule has 0 aliphatic heterocycles. The molecule has 0 saturated carbocycles. The quantitative estimate of drug-likeness (QED) is 0.500. The van der Waals surface area contributed by atoms with Crippen molar-refractivity contribution in [2.75, 3.05) is 0 Å². The molecule has 1 heterocycles. The Balaban J connectivity index is 2.34. The van der Waals surface area contributed by atoms with Crippen LogP contribution in [0, 0.1) is 0 Å². The fourth-order valence-corrected chi connectivity index (χ4v) is 2.20. The van der Waals surface area contributed by atoms with E-state index in [0.717, 1.165) is 5.56 Å². The molecule has 3 aromatic rings. The van der Waals surface area contributed by atoms with E-state index in [1.165, 1.54) is 0 Å². The number of nitrogens with two attached hydrogens (primary N) is 1. The molecule has 0 radical (unpaired) electrons. The topological polar surface area (TPSA) is 83.8 Å². The van der Waals surface area contributed by atoms with Gasteiger partial charge in [-0.1, -0.05) is 42.5 Å². The zero-order chi connectivity index (χ0) is 15.5. The Kier molecular flexibility index (Phi) is 3.76. The van der Waals surface area contributed by atoms with Crippen molar-refractivity contribution >= 4 is 28.3 Å². The van der Waals surface area contributed by atoms with Crippen LogP contribution in [0.5, 0.6) is 5.75 Å². The number of hydrogen-bond donors (Lipinski definition) is 3. The van der Waals surface area contributed by atoms with Crippen LogP contribution >= 0.6 is 12.2 Å². The van der Waals surface area contributed by atoms with Crippen LogP contribution in [-0.4, -0.2) is 10.2 Å². The normalized spacial score (nSPS) is 11.5. The summed E-state index contributed by atoms with van der Waals surface area (Å²) >= 11 is 4.75. The summed E-state index contributed by atoms with van der Waals surface area (Å²) in [5.74, 6) is 0.261. The first-order chi connectivity index (χ1) is 10.7. The summed E-state index contributed by atoms with van der Waals surface area (Å²) in [6.45, 7) is 0. The maximum absolute atomic E-state index is 10.5. The third kappa shape index (κ3) is 2.64. The van der Waals surface area contributed by atoms with E-state index in [1.54, 1.807) is 12.1 Å². The number of hydrogen-bond acceptors (Lipinski definition) is 4. The zero-order valence-electron chi connectivity index (χ0n) is 11.5. The molecule has 3 rings (SSSR count). The number of nitrogens with one attached hydrogen (secondary N) is 1. The van der Waals surface area contributed by atoms with E-state index < -0.39 is 0 Å². The van der Waals surface area contributed by atoms with E-state index in [-0.39, 0.29) is 10.9 Å². The number of fused-ring (bicyclic) bond motifs is 1. The molecule has 110 valence electrons.